The van der Waals surface area contributed by atoms with Gasteiger partial charge in [-0.3, -0.25) is 0 Å². The van der Waals surface area contributed by atoms with Crippen molar-refractivity contribution in [2.24, 2.45) is 0 Å². The third kappa shape index (κ3) is 2.87. The molecule has 0 aliphatic rings. The second-order valence-corrected chi connectivity index (χ2v) is 4.50. The summed E-state index contributed by atoms with van der Waals surface area (Å²) in [5, 5.41) is 4.11. The number of aryl methyl sites for hydroxylation is 1. The van der Waals surface area contributed by atoms with E-state index in [1.165, 1.54) is 5.56 Å². The molecule has 0 saturated heterocycles. The van der Waals surface area contributed by atoms with E-state index in [1.807, 2.05) is 26.2 Å². The van der Waals surface area contributed by atoms with Gasteiger partial charge < -0.3 is 10.3 Å². The van der Waals surface area contributed by atoms with E-state index in [4.69, 9.17) is 11.6 Å². The van der Waals surface area contributed by atoms with Gasteiger partial charge in [0.25, 0.3) is 0 Å². The molecule has 0 amide bonds. The molecule has 2 rings (SSSR count). The van der Waals surface area contributed by atoms with E-state index in [0.717, 1.165) is 22.8 Å². The lowest BCUT2D eigenvalue weighted by molar-refractivity contribution is 0.578. The minimum absolute atomic E-state index is 0.247. The molecule has 1 aromatic heterocycles. The Hall–Kier alpha value is -1.32. The van der Waals surface area contributed by atoms with E-state index in [9.17, 15) is 0 Å². The molecule has 0 bridgehead atoms. The van der Waals surface area contributed by atoms with Gasteiger partial charge in [-0.1, -0.05) is 23.7 Å². The molecule has 0 aliphatic heterocycles. The number of hydrogen-bond donors (Lipinski definition) is 2. The van der Waals surface area contributed by atoms with Crippen LogP contribution in [0.3, 0.4) is 0 Å². The quantitative estimate of drug-likeness (QED) is 0.875. The summed E-state index contributed by atoms with van der Waals surface area (Å²) in [4.78, 5) is 7.37. The average Bonchev–Trinajstić information content (AvgIpc) is 2.82. The van der Waals surface area contributed by atoms with Gasteiger partial charge in [0, 0.05) is 29.9 Å². The number of imidazole rings is 1. The smallest absolute Gasteiger partial charge is 0.107 e. The molecule has 90 valence electrons. The molecule has 3 nitrogen and oxygen atoms in total. The molecule has 1 aromatic carbocycles. The van der Waals surface area contributed by atoms with E-state index < -0.39 is 0 Å². The Kier molecular flexibility index (Phi) is 3.82. The van der Waals surface area contributed by atoms with Crippen LogP contribution in [0.25, 0.3) is 0 Å². The minimum Gasteiger partial charge on any atom is -0.349 e. The zero-order valence-electron chi connectivity index (χ0n) is 10.00. The van der Waals surface area contributed by atoms with Crippen molar-refractivity contribution in [3.05, 3.63) is 52.6 Å². The largest absolute Gasteiger partial charge is 0.349 e. The van der Waals surface area contributed by atoms with Gasteiger partial charge in [-0.25, -0.2) is 4.98 Å². The fraction of sp³-hybridized carbons (Fsp3) is 0.308. The molecular weight excluding hydrogens is 234 g/mol. The van der Waals surface area contributed by atoms with Crippen molar-refractivity contribution >= 4 is 11.6 Å². The third-order valence-electron chi connectivity index (χ3n) is 2.89. The molecule has 1 unspecified atom stereocenters. The molecule has 0 aliphatic carbocycles. The van der Waals surface area contributed by atoms with E-state index in [2.05, 4.69) is 27.4 Å². The fourth-order valence-electron chi connectivity index (χ4n) is 1.87. The number of benzene rings is 1. The number of halogens is 1. The SMILES string of the molecule is CNC(Cc1ncc[nH]1)c1ccc(Cl)c(C)c1. The van der Waals surface area contributed by atoms with E-state index in [1.54, 1.807) is 6.20 Å². The Morgan fingerprint density at radius 2 is 2.29 bits per heavy atom. The van der Waals surface area contributed by atoms with Crippen LogP contribution in [-0.2, 0) is 6.42 Å². The molecule has 0 radical (unpaired) electrons. The van der Waals surface area contributed by atoms with E-state index in [0.29, 0.717) is 0 Å². The van der Waals surface area contributed by atoms with Gasteiger partial charge in [-0.15, -0.1) is 0 Å². The summed E-state index contributed by atoms with van der Waals surface area (Å²) in [6.45, 7) is 2.02. The molecule has 4 heteroatoms. The standard InChI is InChI=1S/C13H16ClN3/c1-9-7-10(3-4-11(9)14)12(15-2)8-13-16-5-6-17-13/h3-7,12,15H,8H2,1-2H3,(H,16,17). The molecule has 1 heterocycles. The van der Waals surface area contributed by atoms with Gasteiger partial charge in [-0.05, 0) is 31.2 Å². The summed E-state index contributed by atoms with van der Waals surface area (Å²) in [7, 11) is 1.96. The van der Waals surface area contributed by atoms with Crippen LogP contribution in [0, 0.1) is 6.92 Å². The number of aromatic nitrogens is 2. The van der Waals surface area contributed by atoms with Crippen molar-refractivity contribution in [2.75, 3.05) is 7.05 Å². The topological polar surface area (TPSA) is 40.7 Å². The van der Waals surface area contributed by atoms with Crippen LogP contribution >= 0.6 is 11.6 Å². The Bertz CT molecular complexity index is 479. The summed E-state index contributed by atoms with van der Waals surface area (Å²) in [6.07, 6.45) is 4.45. The lowest BCUT2D eigenvalue weighted by atomic mass is 10.0. The Morgan fingerprint density at radius 1 is 1.47 bits per heavy atom. The number of nitrogens with zero attached hydrogens (tertiary/aromatic N) is 1. The van der Waals surface area contributed by atoms with E-state index >= 15 is 0 Å². The van der Waals surface area contributed by atoms with Gasteiger partial charge in [0.2, 0.25) is 0 Å². The Balaban J connectivity index is 2.20. The average molecular weight is 250 g/mol. The summed E-state index contributed by atoms with van der Waals surface area (Å²) in [5.74, 6) is 0.983. The molecule has 0 saturated carbocycles. The molecule has 2 aromatic rings. The van der Waals surface area contributed by atoms with Crippen LogP contribution in [0.15, 0.2) is 30.6 Å². The Labute approximate surface area is 106 Å². The van der Waals surface area contributed by atoms with Crippen LogP contribution in [-0.4, -0.2) is 17.0 Å². The monoisotopic (exact) mass is 249 g/mol. The molecule has 1 atom stereocenters. The van der Waals surface area contributed by atoms with Gasteiger partial charge in [0.15, 0.2) is 0 Å². The van der Waals surface area contributed by atoms with Crippen LogP contribution < -0.4 is 5.32 Å². The van der Waals surface area contributed by atoms with E-state index in [-0.39, 0.29) is 6.04 Å². The zero-order valence-corrected chi connectivity index (χ0v) is 10.8. The Morgan fingerprint density at radius 3 is 2.88 bits per heavy atom. The highest BCUT2D eigenvalue weighted by Gasteiger charge is 2.12. The van der Waals surface area contributed by atoms with Crippen molar-refractivity contribution in [1.29, 1.82) is 0 Å². The van der Waals surface area contributed by atoms with Crippen LogP contribution in [0.2, 0.25) is 5.02 Å². The minimum atomic E-state index is 0.247. The van der Waals surface area contributed by atoms with Gasteiger partial charge in [-0.2, -0.15) is 0 Å². The number of aromatic amines is 1. The van der Waals surface area contributed by atoms with Gasteiger partial charge >= 0.3 is 0 Å². The van der Waals surface area contributed by atoms with Crippen LogP contribution in [0.4, 0.5) is 0 Å². The molecule has 2 N–H and O–H groups in total. The maximum atomic E-state index is 6.03. The number of rotatable bonds is 4. The maximum absolute atomic E-state index is 6.03. The fourth-order valence-corrected chi connectivity index (χ4v) is 1.99. The zero-order chi connectivity index (χ0) is 12.3. The van der Waals surface area contributed by atoms with Crippen LogP contribution in [0.5, 0.6) is 0 Å². The highest BCUT2D eigenvalue weighted by molar-refractivity contribution is 6.31. The number of nitrogens with one attached hydrogen (secondary N) is 2. The predicted octanol–water partition coefficient (Wildman–Crippen LogP) is 2.87. The van der Waals surface area contributed by atoms with Crippen molar-refractivity contribution < 1.29 is 0 Å². The second kappa shape index (κ2) is 5.34. The number of hydrogen-bond acceptors (Lipinski definition) is 2. The maximum Gasteiger partial charge on any atom is 0.107 e. The van der Waals surface area contributed by atoms with Crippen molar-refractivity contribution in [3.63, 3.8) is 0 Å². The number of H-pyrrole nitrogens is 1. The first-order chi connectivity index (χ1) is 8.20. The van der Waals surface area contributed by atoms with Gasteiger partial charge in [0.05, 0.1) is 0 Å². The molecule has 0 fully saturated rings. The second-order valence-electron chi connectivity index (χ2n) is 4.09. The summed E-state index contributed by atoms with van der Waals surface area (Å²) >= 11 is 6.03. The first-order valence-electron chi connectivity index (χ1n) is 5.62. The predicted molar refractivity (Wildman–Crippen MR) is 70.3 cm³/mol. The molecule has 0 spiro atoms. The third-order valence-corrected chi connectivity index (χ3v) is 3.31. The van der Waals surface area contributed by atoms with Crippen molar-refractivity contribution in [1.82, 2.24) is 15.3 Å². The highest BCUT2D eigenvalue weighted by Crippen LogP contribution is 2.22. The van der Waals surface area contributed by atoms with Gasteiger partial charge in [0.1, 0.15) is 5.82 Å². The lowest BCUT2D eigenvalue weighted by Crippen LogP contribution is -2.19. The summed E-state index contributed by atoms with van der Waals surface area (Å²) < 4.78 is 0. The van der Waals surface area contributed by atoms with Crippen LogP contribution in [0.1, 0.15) is 23.0 Å². The lowest BCUT2D eigenvalue weighted by Gasteiger charge is -2.16. The summed E-state index contributed by atoms with van der Waals surface area (Å²) in [6, 6.07) is 6.36. The van der Waals surface area contributed by atoms with Crippen molar-refractivity contribution in [2.45, 2.75) is 19.4 Å². The highest BCUT2D eigenvalue weighted by atomic mass is 35.5. The molecular formula is C13H16ClN3. The number of likely N-dealkylation sites (N-methyl/N-ethyl adjacent to an activating group) is 1. The summed E-state index contributed by atoms with van der Waals surface area (Å²) in [5.41, 5.74) is 2.33. The molecule has 17 heavy (non-hydrogen) atoms. The van der Waals surface area contributed by atoms with Crippen molar-refractivity contribution in [3.8, 4) is 0 Å². The first-order valence-corrected chi connectivity index (χ1v) is 6.00. The normalized spacial score (nSPS) is 12.6. The first kappa shape index (κ1) is 12.1.